The van der Waals surface area contributed by atoms with E-state index in [-0.39, 0.29) is 0 Å². The molecule has 2 aliphatic rings. The second kappa shape index (κ2) is 5.04. The van der Waals surface area contributed by atoms with E-state index < -0.39 is 0 Å². The summed E-state index contributed by atoms with van der Waals surface area (Å²) in [5.74, 6) is 1.49. The molecule has 0 aromatic carbocycles. The van der Waals surface area contributed by atoms with Crippen molar-refractivity contribution in [1.29, 1.82) is 0 Å². The van der Waals surface area contributed by atoms with Crippen molar-refractivity contribution in [1.82, 2.24) is 9.55 Å². The van der Waals surface area contributed by atoms with Gasteiger partial charge in [-0.25, -0.2) is 4.98 Å². The maximum atomic E-state index is 5.99. The smallest absolute Gasteiger partial charge is 0.0954 e. The van der Waals surface area contributed by atoms with Crippen LogP contribution in [0.5, 0.6) is 0 Å². The maximum Gasteiger partial charge on any atom is 0.0954 e. The molecular weight excluding hydrogens is 222 g/mol. The summed E-state index contributed by atoms with van der Waals surface area (Å²) in [6, 6.07) is 0.605. The van der Waals surface area contributed by atoms with Crippen molar-refractivity contribution < 1.29 is 0 Å². The minimum Gasteiger partial charge on any atom is -0.331 e. The van der Waals surface area contributed by atoms with Crippen LogP contribution in [-0.4, -0.2) is 16.1 Å². The number of hydrogen-bond acceptors (Lipinski definition) is 2. The van der Waals surface area contributed by atoms with Gasteiger partial charge in [0.25, 0.3) is 0 Å². The topological polar surface area (TPSA) is 43.8 Å². The third kappa shape index (κ3) is 2.09. The summed E-state index contributed by atoms with van der Waals surface area (Å²) < 4.78 is 2.49. The number of aryl methyl sites for hydroxylation is 1. The van der Waals surface area contributed by atoms with Crippen molar-refractivity contribution in [2.45, 2.75) is 57.9 Å². The van der Waals surface area contributed by atoms with E-state index in [9.17, 15) is 0 Å². The molecule has 0 amide bonds. The van der Waals surface area contributed by atoms with Crippen LogP contribution in [0.4, 0.5) is 0 Å². The Morgan fingerprint density at radius 2 is 2.17 bits per heavy atom. The Morgan fingerprint density at radius 3 is 3.00 bits per heavy atom. The van der Waals surface area contributed by atoms with Crippen molar-refractivity contribution in [3.8, 4) is 0 Å². The third-order valence-corrected chi connectivity index (χ3v) is 4.94. The van der Waals surface area contributed by atoms with Gasteiger partial charge in [-0.3, -0.25) is 0 Å². The molecular formula is C15H25N3. The molecule has 2 N–H and O–H groups in total. The molecule has 1 saturated carbocycles. The van der Waals surface area contributed by atoms with Crippen LogP contribution in [0.15, 0.2) is 6.33 Å². The zero-order valence-electron chi connectivity index (χ0n) is 11.4. The van der Waals surface area contributed by atoms with E-state index in [1.807, 2.05) is 0 Å². The molecule has 1 aromatic rings. The lowest BCUT2D eigenvalue weighted by Gasteiger charge is -2.36. The van der Waals surface area contributed by atoms with Crippen molar-refractivity contribution in [2.24, 2.45) is 17.6 Å². The molecule has 0 radical (unpaired) electrons. The predicted octanol–water partition coefficient (Wildman–Crippen LogP) is 2.70. The molecule has 3 rings (SSSR count). The Kier molecular flexibility index (Phi) is 3.42. The minimum absolute atomic E-state index is 0.605. The molecule has 3 nitrogen and oxygen atoms in total. The summed E-state index contributed by atoms with van der Waals surface area (Å²) in [6.07, 6.45) is 11.0. The van der Waals surface area contributed by atoms with Gasteiger partial charge in [0, 0.05) is 11.7 Å². The van der Waals surface area contributed by atoms with E-state index in [0.717, 1.165) is 12.5 Å². The van der Waals surface area contributed by atoms with Gasteiger partial charge in [-0.2, -0.15) is 0 Å². The fourth-order valence-electron chi connectivity index (χ4n) is 3.81. The number of nitrogens with two attached hydrogens (primary N) is 1. The Labute approximate surface area is 110 Å². The first-order valence-electron chi connectivity index (χ1n) is 7.54. The summed E-state index contributed by atoms with van der Waals surface area (Å²) in [6.45, 7) is 3.20. The average Bonchev–Trinajstić information content (AvgIpc) is 2.82. The number of aromatic nitrogens is 2. The number of hydrogen-bond donors (Lipinski definition) is 1. The highest BCUT2D eigenvalue weighted by Crippen LogP contribution is 2.38. The van der Waals surface area contributed by atoms with Crippen molar-refractivity contribution in [3.05, 3.63) is 17.7 Å². The fourth-order valence-corrected chi connectivity index (χ4v) is 3.81. The van der Waals surface area contributed by atoms with Crippen molar-refractivity contribution in [3.63, 3.8) is 0 Å². The lowest BCUT2D eigenvalue weighted by molar-refractivity contribution is 0.194. The molecule has 0 bridgehead atoms. The molecule has 3 heteroatoms. The van der Waals surface area contributed by atoms with E-state index in [4.69, 9.17) is 5.73 Å². The van der Waals surface area contributed by atoms with Gasteiger partial charge in [0.15, 0.2) is 0 Å². The van der Waals surface area contributed by atoms with Crippen molar-refractivity contribution in [2.75, 3.05) is 6.54 Å². The second-order valence-electron chi connectivity index (χ2n) is 6.23. The molecule has 0 spiro atoms. The summed E-state index contributed by atoms with van der Waals surface area (Å²) in [4.78, 5) is 4.65. The Morgan fingerprint density at radius 1 is 1.33 bits per heavy atom. The monoisotopic (exact) mass is 247 g/mol. The number of nitrogens with zero attached hydrogens (tertiary/aromatic N) is 2. The first kappa shape index (κ1) is 12.2. The third-order valence-electron chi connectivity index (χ3n) is 4.94. The fraction of sp³-hybridized carbons (Fsp3) is 0.800. The van der Waals surface area contributed by atoms with E-state index in [1.165, 1.54) is 56.3 Å². The van der Waals surface area contributed by atoms with Crippen LogP contribution in [0.2, 0.25) is 0 Å². The van der Waals surface area contributed by atoms with Crippen LogP contribution in [0, 0.1) is 11.8 Å². The molecule has 2 aliphatic carbocycles. The minimum atomic E-state index is 0.605. The molecule has 1 heterocycles. The van der Waals surface area contributed by atoms with Gasteiger partial charge in [-0.15, -0.1) is 0 Å². The number of fused-ring (bicyclic) bond motifs is 1. The first-order chi connectivity index (χ1) is 8.79. The lowest BCUT2D eigenvalue weighted by Crippen LogP contribution is -2.32. The molecule has 1 fully saturated rings. The van der Waals surface area contributed by atoms with Gasteiger partial charge in [-0.05, 0) is 56.9 Å². The van der Waals surface area contributed by atoms with Gasteiger partial charge in [-0.1, -0.05) is 13.3 Å². The van der Waals surface area contributed by atoms with Crippen LogP contribution < -0.4 is 5.73 Å². The molecule has 0 aliphatic heterocycles. The number of imidazole rings is 1. The van der Waals surface area contributed by atoms with Crippen LogP contribution in [0.25, 0.3) is 0 Å². The largest absolute Gasteiger partial charge is 0.331 e. The Hall–Kier alpha value is -0.830. The standard InChI is InChI=1S/C15H25N3/c1-11-6-7-12(9-16)15(8-11)18-10-17-13-4-2-3-5-14(13)18/h10-12,15H,2-9,16H2,1H3. The quantitative estimate of drug-likeness (QED) is 0.873. The molecule has 1 aromatic heterocycles. The van der Waals surface area contributed by atoms with E-state index in [2.05, 4.69) is 22.8 Å². The SMILES string of the molecule is CC1CCC(CN)C(n2cnc3c2CCCC3)C1. The van der Waals surface area contributed by atoms with Gasteiger partial charge >= 0.3 is 0 Å². The summed E-state index contributed by atoms with van der Waals surface area (Å²) in [7, 11) is 0. The summed E-state index contributed by atoms with van der Waals surface area (Å²) in [5.41, 5.74) is 8.86. The summed E-state index contributed by atoms with van der Waals surface area (Å²) >= 11 is 0. The molecule has 3 atom stereocenters. The maximum absolute atomic E-state index is 5.99. The highest BCUT2D eigenvalue weighted by Gasteiger charge is 2.31. The molecule has 0 saturated heterocycles. The Balaban J connectivity index is 1.89. The van der Waals surface area contributed by atoms with Gasteiger partial charge < -0.3 is 10.3 Å². The first-order valence-corrected chi connectivity index (χ1v) is 7.54. The normalized spacial score (nSPS) is 32.2. The van der Waals surface area contributed by atoms with Crippen LogP contribution in [-0.2, 0) is 12.8 Å². The molecule has 18 heavy (non-hydrogen) atoms. The van der Waals surface area contributed by atoms with E-state index in [1.54, 1.807) is 0 Å². The predicted molar refractivity (Wildman–Crippen MR) is 73.5 cm³/mol. The number of rotatable bonds is 2. The average molecular weight is 247 g/mol. The lowest BCUT2D eigenvalue weighted by atomic mass is 9.78. The van der Waals surface area contributed by atoms with Crippen LogP contribution in [0.1, 0.15) is 56.5 Å². The van der Waals surface area contributed by atoms with Gasteiger partial charge in [0.2, 0.25) is 0 Å². The van der Waals surface area contributed by atoms with Crippen molar-refractivity contribution >= 4 is 0 Å². The van der Waals surface area contributed by atoms with Gasteiger partial charge in [0.1, 0.15) is 0 Å². The highest BCUT2D eigenvalue weighted by atomic mass is 15.1. The zero-order valence-corrected chi connectivity index (χ0v) is 11.4. The molecule has 3 unspecified atom stereocenters. The molecule has 100 valence electrons. The second-order valence-corrected chi connectivity index (χ2v) is 6.23. The highest BCUT2D eigenvalue weighted by molar-refractivity contribution is 5.17. The van der Waals surface area contributed by atoms with E-state index >= 15 is 0 Å². The van der Waals surface area contributed by atoms with Gasteiger partial charge in [0.05, 0.1) is 12.0 Å². The Bertz CT molecular complexity index is 410. The van der Waals surface area contributed by atoms with E-state index in [0.29, 0.717) is 12.0 Å². The van der Waals surface area contributed by atoms with Crippen LogP contribution >= 0.6 is 0 Å². The zero-order chi connectivity index (χ0) is 12.5. The summed E-state index contributed by atoms with van der Waals surface area (Å²) in [5, 5.41) is 0. The van der Waals surface area contributed by atoms with Crippen LogP contribution in [0.3, 0.4) is 0 Å².